The number of benzene rings is 3. The van der Waals surface area contributed by atoms with Crippen LogP contribution in [0, 0.1) is 6.92 Å². The van der Waals surface area contributed by atoms with Crippen LogP contribution in [0.2, 0.25) is 0 Å². The molecule has 2 N–H and O–H groups in total. The molecular formula is C26H25NO5. The van der Waals surface area contributed by atoms with Crippen molar-refractivity contribution < 1.29 is 24.2 Å². The van der Waals surface area contributed by atoms with E-state index < -0.39 is 18.1 Å². The van der Waals surface area contributed by atoms with Crippen molar-refractivity contribution in [3.05, 3.63) is 89.0 Å². The molecule has 0 aliphatic heterocycles. The molecule has 4 rings (SSSR count). The standard InChI is InChI=1S/C26H25NO5/c1-16-13-17(31-2)11-12-18(16)24(14-25(28)29)27-26(30)32-15-23-21-9-5-3-7-19(21)20-8-4-6-10-22(20)23/h3-13,23-24H,14-15H2,1-2H3,(H,27,30)(H,28,29)/t24-/m0/s1. The number of hydrogen-bond acceptors (Lipinski definition) is 4. The molecule has 3 aromatic carbocycles. The fraction of sp³-hybridized carbons (Fsp3) is 0.231. The maximum Gasteiger partial charge on any atom is 0.407 e. The van der Waals surface area contributed by atoms with Crippen LogP contribution in [0.5, 0.6) is 5.75 Å². The van der Waals surface area contributed by atoms with Crippen molar-refractivity contribution >= 4 is 12.1 Å². The molecule has 1 aliphatic carbocycles. The van der Waals surface area contributed by atoms with Gasteiger partial charge in [0.1, 0.15) is 12.4 Å². The molecule has 3 aromatic rings. The first-order valence-corrected chi connectivity index (χ1v) is 10.5. The third-order valence-corrected chi connectivity index (χ3v) is 5.87. The van der Waals surface area contributed by atoms with E-state index in [1.807, 2.05) is 37.3 Å². The van der Waals surface area contributed by atoms with E-state index in [9.17, 15) is 14.7 Å². The number of ether oxygens (including phenoxy) is 2. The van der Waals surface area contributed by atoms with Crippen LogP contribution < -0.4 is 10.1 Å². The van der Waals surface area contributed by atoms with Gasteiger partial charge in [-0.3, -0.25) is 4.79 Å². The van der Waals surface area contributed by atoms with Crippen molar-refractivity contribution in [1.82, 2.24) is 5.32 Å². The molecule has 6 nitrogen and oxygen atoms in total. The lowest BCUT2D eigenvalue weighted by molar-refractivity contribution is -0.137. The number of aryl methyl sites for hydroxylation is 1. The highest BCUT2D eigenvalue weighted by molar-refractivity contribution is 5.79. The molecule has 1 atom stereocenters. The molecule has 0 radical (unpaired) electrons. The summed E-state index contributed by atoms with van der Waals surface area (Å²) in [4.78, 5) is 24.1. The van der Waals surface area contributed by atoms with Gasteiger partial charge in [0.15, 0.2) is 0 Å². The Morgan fingerprint density at radius 2 is 1.62 bits per heavy atom. The Hall–Kier alpha value is -3.80. The molecule has 0 bridgehead atoms. The van der Waals surface area contributed by atoms with Gasteiger partial charge in [-0.05, 0) is 52.4 Å². The second kappa shape index (κ2) is 9.14. The van der Waals surface area contributed by atoms with Gasteiger partial charge in [-0.1, -0.05) is 54.6 Å². The predicted molar refractivity (Wildman–Crippen MR) is 121 cm³/mol. The monoisotopic (exact) mass is 431 g/mol. The molecule has 0 fully saturated rings. The van der Waals surface area contributed by atoms with Crippen molar-refractivity contribution in [2.45, 2.75) is 25.3 Å². The van der Waals surface area contributed by atoms with Gasteiger partial charge >= 0.3 is 12.1 Å². The Bertz CT molecular complexity index is 1110. The van der Waals surface area contributed by atoms with Crippen molar-refractivity contribution in [3.8, 4) is 16.9 Å². The zero-order valence-electron chi connectivity index (χ0n) is 18.0. The van der Waals surface area contributed by atoms with Crippen LogP contribution in [0.25, 0.3) is 11.1 Å². The minimum Gasteiger partial charge on any atom is -0.497 e. The van der Waals surface area contributed by atoms with E-state index in [0.717, 1.165) is 27.8 Å². The summed E-state index contributed by atoms with van der Waals surface area (Å²) in [7, 11) is 1.57. The zero-order valence-corrected chi connectivity index (χ0v) is 18.0. The summed E-state index contributed by atoms with van der Waals surface area (Å²) in [6, 6.07) is 20.8. The summed E-state index contributed by atoms with van der Waals surface area (Å²) >= 11 is 0. The van der Waals surface area contributed by atoms with Gasteiger partial charge in [-0.2, -0.15) is 0 Å². The lowest BCUT2D eigenvalue weighted by Gasteiger charge is -2.21. The number of carboxylic acid groups (broad SMARTS) is 1. The highest BCUT2D eigenvalue weighted by Gasteiger charge is 2.29. The number of nitrogens with one attached hydrogen (secondary N) is 1. The SMILES string of the molecule is COc1ccc([C@H](CC(=O)O)NC(=O)OCC2c3ccccc3-c3ccccc32)c(C)c1. The highest BCUT2D eigenvalue weighted by atomic mass is 16.5. The maximum atomic E-state index is 12.7. The molecule has 1 amide bonds. The first-order chi connectivity index (χ1) is 15.5. The third kappa shape index (κ3) is 4.30. The second-order valence-electron chi connectivity index (χ2n) is 7.84. The van der Waals surface area contributed by atoms with Crippen LogP contribution in [0.15, 0.2) is 66.7 Å². The Morgan fingerprint density at radius 3 is 2.19 bits per heavy atom. The Labute approximate surface area is 186 Å². The van der Waals surface area contributed by atoms with Crippen LogP contribution in [-0.4, -0.2) is 30.9 Å². The summed E-state index contributed by atoms with van der Waals surface area (Å²) in [6.45, 7) is 2.02. The summed E-state index contributed by atoms with van der Waals surface area (Å²) in [6.07, 6.45) is -0.898. The van der Waals surface area contributed by atoms with E-state index in [2.05, 4.69) is 29.6 Å². The zero-order chi connectivity index (χ0) is 22.7. The van der Waals surface area contributed by atoms with Gasteiger partial charge in [-0.15, -0.1) is 0 Å². The fourth-order valence-corrected chi connectivity index (χ4v) is 4.36. The number of methoxy groups -OCH3 is 1. The normalized spacial score (nSPS) is 13.1. The van der Waals surface area contributed by atoms with Crippen LogP contribution in [0.3, 0.4) is 0 Å². The fourth-order valence-electron chi connectivity index (χ4n) is 4.36. The van der Waals surface area contributed by atoms with Gasteiger partial charge in [0.2, 0.25) is 0 Å². The second-order valence-corrected chi connectivity index (χ2v) is 7.84. The molecule has 0 aromatic heterocycles. The van der Waals surface area contributed by atoms with Gasteiger partial charge in [0.25, 0.3) is 0 Å². The van der Waals surface area contributed by atoms with Gasteiger partial charge in [-0.25, -0.2) is 4.79 Å². The molecule has 164 valence electrons. The highest BCUT2D eigenvalue weighted by Crippen LogP contribution is 2.44. The number of alkyl carbamates (subject to hydrolysis) is 1. The molecule has 0 spiro atoms. The van der Waals surface area contributed by atoms with E-state index in [1.54, 1.807) is 19.2 Å². The van der Waals surface area contributed by atoms with Crippen LogP contribution in [0.4, 0.5) is 4.79 Å². The lowest BCUT2D eigenvalue weighted by atomic mass is 9.98. The largest absolute Gasteiger partial charge is 0.497 e. The van der Waals surface area contributed by atoms with E-state index in [0.29, 0.717) is 11.3 Å². The van der Waals surface area contributed by atoms with E-state index >= 15 is 0 Å². The first kappa shape index (κ1) is 21.4. The summed E-state index contributed by atoms with van der Waals surface area (Å²) in [5.41, 5.74) is 6.07. The molecule has 1 aliphatic rings. The number of carbonyl (C=O) groups is 2. The molecule has 0 heterocycles. The summed E-state index contributed by atoms with van der Waals surface area (Å²) in [5, 5.41) is 12.1. The quantitative estimate of drug-likeness (QED) is 0.546. The van der Waals surface area contributed by atoms with Gasteiger partial charge in [0, 0.05) is 5.92 Å². The topological polar surface area (TPSA) is 84.9 Å². The Kier molecular flexibility index (Phi) is 6.12. The maximum absolute atomic E-state index is 12.7. The summed E-state index contributed by atoms with van der Waals surface area (Å²) < 4.78 is 10.8. The minimum atomic E-state index is -1.01. The number of carboxylic acids is 1. The van der Waals surface area contributed by atoms with Crippen LogP contribution in [0.1, 0.15) is 40.6 Å². The molecule has 6 heteroatoms. The van der Waals surface area contributed by atoms with Crippen molar-refractivity contribution in [2.24, 2.45) is 0 Å². The molecule has 0 saturated heterocycles. The number of rotatable bonds is 7. The van der Waals surface area contributed by atoms with Crippen molar-refractivity contribution in [1.29, 1.82) is 0 Å². The smallest absolute Gasteiger partial charge is 0.407 e. The number of fused-ring (bicyclic) bond motifs is 3. The van der Waals surface area contributed by atoms with E-state index in [-0.39, 0.29) is 18.9 Å². The number of amides is 1. The minimum absolute atomic E-state index is 0.0613. The molecular weight excluding hydrogens is 406 g/mol. The number of carbonyl (C=O) groups excluding carboxylic acids is 1. The average molecular weight is 431 g/mol. The Balaban J connectivity index is 1.49. The van der Waals surface area contributed by atoms with E-state index in [4.69, 9.17) is 9.47 Å². The third-order valence-electron chi connectivity index (χ3n) is 5.87. The lowest BCUT2D eigenvalue weighted by Crippen LogP contribution is -2.32. The number of aliphatic carboxylic acids is 1. The van der Waals surface area contributed by atoms with Crippen LogP contribution in [-0.2, 0) is 9.53 Å². The van der Waals surface area contributed by atoms with E-state index in [1.165, 1.54) is 0 Å². The van der Waals surface area contributed by atoms with Crippen molar-refractivity contribution in [3.63, 3.8) is 0 Å². The molecule has 0 saturated carbocycles. The predicted octanol–water partition coefficient (Wildman–Crippen LogP) is 5.06. The number of hydrogen-bond donors (Lipinski definition) is 2. The van der Waals surface area contributed by atoms with Crippen molar-refractivity contribution in [2.75, 3.05) is 13.7 Å². The van der Waals surface area contributed by atoms with Gasteiger partial charge in [0.05, 0.1) is 19.6 Å². The average Bonchev–Trinajstić information content (AvgIpc) is 3.10. The molecule has 32 heavy (non-hydrogen) atoms. The summed E-state index contributed by atoms with van der Waals surface area (Å²) in [5.74, 6) is -0.403. The van der Waals surface area contributed by atoms with Gasteiger partial charge < -0.3 is 19.9 Å². The Morgan fingerprint density at radius 1 is 1.00 bits per heavy atom. The molecule has 0 unspecified atom stereocenters. The van der Waals surface area contributed by atoms with Crippen LogP contribution >= 0.6 is 0 Å². The first-order valence-electron chi connectivity index (χ1n) is 10.5.